The van der Waals surface area contributed by atoms with Gasteiger partial charge in [-0.1, -0.05) is 27.5 Å². The summed E-state index contributed by atoms with van der Waals surface area (Å²) in [5.41, 5.74) is 1.13. The Hall–Kier alpha value is -2.49. The molecule has 0 aliphatic carbocycles. The molecule has 1 heterocycles. The maximum atomic E-state index is 13.8. The first-order valence-corrected chi connectivity index (χ1v) is 9.97. The number of thiazole rings is 1. The fraction of sp³-hybridized carbons (Fsp3) is 0.0556. The van der Waals surface area contributed by atoms with Crippen molar-refractivity contribution in [3.05, 3.63) is 68.9 Å². The Kier molecular flexibility index (Phi) is 6.61. The minimum absolute atomic E-state index is 0.0491. The number of anilines is 3. The lowest BCUT2D eigenvalue weighted by Gasteiger charge is -2.06. The van der Waals surface area contributed by atoms with Crippen LogP contribution in [0.25, 0.3) is 0 Å². The van der Waals surface area contributed by atoms with Crippen LogP contribution < -0.4 is 16.0 Å². The van der Waals surface area contributed by atoms with Crippen molar-refractivity contribution in [2.75, 3.05) is 16.0 Å². The normalized spacial score (nSPS) is 10.4. The second-order valence-electron chi connectivity index (χ2n) is 5.58. The Labute approximate surface area is 177 Å². The predicted octanol–water partition coefficient (Wildman–Crippen LogP) is 5.52. The number of hydrogen-bond donors (Lipinski definition) is 3. The minimum atomic E-state index is -0.540. The summed E-state index contributed by atoms with van der Waals surface area (Å²) in [5, 5.41) is 10.3. The van der Waals surface area contributed by atoms with Crippen LogP contribution in [0.3, 0.4) is 0 Å². The Morgan fingerprint density at radius 2 is 1.86 bits per heavy atom. The largest absolute Gasteiger partial charge is 0.325 e. The number of rotatable bonds is 5. The van der Waals surface area contributed by atoms with Crippen molar-refractivity contribution in [3.63, 3.8) is 0 Å². The molecule has 6 nitrogen and oxygen atoms in total. The summed E-state index contributed by atoms with van der Waals surface area (Å²) in [4.78, 5) is 28.3. The molecule has 0 saturated heterocycles. The number of hydrogen-bond acceptors (Lipinski definition) is 4. The van der Waals surface area contributed by atoms with Crippen LogP contribution in [0, 0.1) is 5.82 Å². The number of halogens is 3. The average molecular weight is 484 g/mol. The van der Waals surface area contributed by atoms with Crippen LogP contribution in [0.15, 0.2) is 52.3 Å². The van der Waals surface area contributed by atoms with Crippen LogP contribution in [0.5, 0.6) is 0 Å². The van der Waals surface area contributed by atoms with Crippen molar-refractivity contribution in [2.24, 2.45) is 0 Å². The van der Waals surface area contributed by atoms with E-state index in [0.29, 0.717) is 26.0 Å². The summed E-state index contributed by atoms with van der Waals surface area (Å²) in [5.74, 6) is -0.953. The third kappa shape index (κ3) is 5.75. The van der Waals surface area contributed by atoms with Gasteiger partial charge in [-0.2, -0.15) is 0 Å². The fourth-order valence-corrected chi connectivity index (χ4v) is 3.35. The summed E-state index contributed by atoms with van der Waals surface area (Å²) in [6.07, 6.45) is -0.0491. The van der Waals surface area contributed by atoms with Gasteiger partial charge in [0.1, 0.15) is 5.82 Å². The Morgan fingerprint density at radius 3 is 2.57 bits per heavy atom. The van der Waals surface area contributed by atoms with Crippen molar-refractivity contribution in [2.45, 2.75) is 6.42 Å². The highest BCUT2D eigenvalue weighted by atomic mass is 79.9. The van der Waals surface area contributed by atoms with Crippen LogP contribution >= 0.6 is 38.9 Å². The number of carbonyl (C=O) groups excluding carboxylic acids is 2. The number of nitrogens with one attached hydrogen (secondary N) is 3. The van der Waals surface area contributed by atoms with Gasteiger partial charge < -0.3 is 10.6 Å². The number of nitrogens with zero attached hydrogens (tertiary/aromatic N) is 1. The van der Waals surface area contributed by atoms with Gasteiger partial charge in [0.15, 0.2) is 5.13 Å². The van der Waals surface area contributed by atoms with E-state index in [2.05, 4.69) is 36.9 Å². The van der Waals surface area contributed by atoms with Crippen molar-refractivity contribution in [3.8, 4) is 0 Å². The summed E-state index contributed by atoms with van der Waals surface area (Å²) < 4.78 is 14.4. The predicted molar refractivity (Wildman–Crippen MR) is 113 cm³/mol. The van der Waals surface area contributed by atoms with Gasteiger partial charge in [-0.05, 0) is 42.5 Å². The highest BCUT2D eigenvalue weighted by molar-refractivity contribution is 9.10. The lowest BCUT2D eigenvalue weighted by molar-refractivity contribution is -0.115. The number of aromatic nitrogens is 1. The highest BCUT2D eigenvalue weighted by Gasteiger charge is 2.12. The molecule has 0 unspecified atom stereocenters. The Morgan fingerprint density at radius 1 is 1.11 bits per heavy atom. The van der Waals surface area contributed by atoms with Crippen LogP contribution in [0.1, 0.15) is 5.69 Å². The number of amides is 3. The van der Waals surface area contributed by atoms with Gasteiger partial charge in [0, 0.05) is 20.6 Å². The van der Waals surface area contributed by atoms with Crippen LogP contribution in [-0.4, -0.2) is 16.9 Å². The van der Waals surface area contributed by atoms with Gasteiger partial charge in [-0.15, -0.1) is 11.3 Å². The van der Waals surface area contributed by atoms with Gasteiger partial charge >= 0.3 is 6.03 Å². The van der Waals surface area contributed by atoms with Gasteiger partial charge in [-0.3, -0.25) is 10.1 Å². The zero-order valence-electron chi connectivity index (χ0n) is 14.1. The monoisotopic (exact) mass is 482 g/mol. The van der Waals surface area contributed by atoms with E-state index in [0.717, 1.165) is 0 Å². The van der Waals surface area contributed by atoms with E-state index in [1.54, 1.807) is 35.7 Å². The lowest BCUT2D eigenvalue weighted by atomic mass is 10.2. The first kappa shape index (κ1) is 20.2. The number of carbonyl (C=O) groups is 2. The third-order valence-corrected chi connectivity index (χ3v) is 4.97. The highest BCUT2D eigenvalue weighted by Crippen LogP contribution is 2.21. The molecule has 0 aliphatic rings. The maximum Gasteiger partial charge on any atom is 0.325 e. The van der Waals surface area contributed by atoms with Crippen molar-refractivity contribution < 1.29 is 14.0 Å². The molecule has 3 aromatic rings. The van der Waals surface area contributed by atoms with E-state index in [1.165, 1.54) is 23.5 Å². The van der Waals surface area contributed by atoms with Crippen molar-refractivity contribution >= 4 is 67.3 Å². The molecule has 0 saturated carbocycles. The molecule has 2 aromatic carbocycles. The standard InChI is InChI=1S/C18H13BrClFN4O2S/c19-10-1-6-15(14(21)7-10)24-16(26)8-13-9-28-18(23-13)25-17(27)22-12-4-2-11(20)3-5-12/h1-7,9H,8H2,(H,24,26)(H2,22,23,25,27). The van der Waals surface area contributed by atoms with E-state index in [1.807, 2.05) is 0 Å². The van der Waals surface area contributed by atoms with E-state index < -0.39 is 17.8 Å². The first-order chi connectivity index (χ1) is 13.4. The van der Waals surface area contributed by atoms with Crippen LogP contribution in [-0.2, 0) is 11.2 Å². The molecule has 3 amide bonds. The average Bonchev–Trinajstić information content (AvgIpc) is 3.06. The van der Waals surface area contributed by atoms with Crippen molar-refractivity contribution in [1.29, 1.82) is 0 Å². The van der Waals surface area contributed by atoms with Crippen LogP contribution in [0.4, 0.5) is 25.7 Å². The molecular formula is C18H13BrClFN4O2S. The number of urea groups is 1. The SMILES string of the molecule is O=C(Cc1csc(NC(=O)Nc2ccc(Cl)cc2)n1)Nc1ccc(Br)cc1F. The molecule has 3 rings (SSSR count). The molecule has 28 heavy (non-hydrogen) atoms. The molecule has 3 N–H and O–H groups in total. The van der Waals surface area contributed by atoms with Gasteiger partial charge in [-0.25, -0.2) is 14.2 Å². The summed E-state index contributed by atoms with van der Waals surface area (Å²) in [6, 6.07) is 10.5. The fourth-order valence-electron chi connectivity index (χ4n) is 2.19. The molecule has 0 radical (unpaired) electrons. The third-order valence-electron chi connectivity index (χ3n) is 3.42. The summed E-state index contributed by atoms with van der Waals surface area (Å²) >= 11 is 10.1. The summed E-state index contributed by atoms with van der Waals surface area (Å²) in [7, 11) is 0. The van der Waals surface area contributed by atoms with E-state index in [9.17, 15) is 14.0 Å². The first-order valence-electron chi connectivity index (χ1n) is 7.92. The molecule has 0 spiro atoms. The Bertz CT molecular complexity index is 1010. The molecule has 0 atom stereocenters. The van der Waals surface area contributed by atoms with Gasteiger partial charge in [0.25, 0.3) is 0 Å². The quantitative estimate of drug-likeness (QED) is 0.447. The molecule has 10 heteroatoms. The molecular weight excluding hydrogens is 471 g/mol. The second kappa shape index (κ2) is 9.13. The van der Waals surface area contributed by atoms with E-state index >= 15 is 0 Å². The second-order valence-corrected chi connectivity index (χ2v) is 7.79. The Balaban J connectivity index is 1.53. The number of benzene rings is 2. The minimum Gasteiger partial charge on any atom is -0.323 e. The molecule has 0 fully saturated rings. The molecule has 0 aliphatic heterocycles. The van der Waals surface area contributed by atoms with Gasteiger partial charge in [0.05, 0.1) is 17.8 Å². The van der Waals surface area contributed by atoms with E-state index in [-0.39, 0.29) is 12.1 Å². The zero-order valence-corrected chi connectivity index (χ0v) is 17.3. The molecule has 0 bridgehead atoms. The topological polar surface area (TPSA) is 83.1 Å². The summed E-state index contributed by atoms with van der Waals surface area (Å²) in [6.45, 7) is 0. The molecule has 144 valence electrons. The smallest absolute Gasteiger partial charge is 0.323 e. The molecule has 1 aromatic heterocycles. The van der Waals surface area contributed by atoms with Gasteiger partial charge in [0.2, 0.25) is 5.91 Å². The van der Waals surface area contributed by atoms with E-state index in [4.69, 9.17) is 11.6 Å². The van der Waals surface area contributed by atoms with Crippen molar-refractivity contribution in [1.82, 2.24) is 4.98 Å². The lowest BCUT2D eigenvalue weighted by Crippen LogP contribution is -2.19. The van der Waals surface area contributed by atoms with Crippen LogP contribution in [0.2, 0.25) is 5.02 Å². The zero-order chi connectivity index (χ0) is 20.1. The maximum absolute atomic E-state index is 13.8.